The van der Waals surface area contributed by atoms with E-state index in [-0.39, 0.29) is 5.97 Å². The van der Waals surface area contributed by atoms with Crippen molar-refractivity contribution < 1.29 is 9.53 Å². The minimum absolute atomic E-state index is 0.300. The minimum atomic E-state index is -0.335. The number of nitrogens with zero attached hydrogens (tertiary/aromatic N) is 3. The summed E-state index contributed by atoms with van der Waals surface area (Å²) in [5, 5.41) is 0. The average Bonchev–Trinajstić information content (AvgIpc) is 2.75. The number of ether oxygens (including phenoxy) is 1. The van der Waals surface area contributed by atoms with Crippen LogP contribution in [0.25, 0.3) is 0 Å². The largest absolute Gasteiger partial charge is 0.465 e. The van der Waals surface area contributed by atoms with E-state index < -0.39 is 0 Å². The molecule has 1 aliphatic rings. The number of amidine groups is 1. The molecule has 1 saturated heterocycles. The molecule has 2 aromatic rings. The third kappa shape index (κ3) is 4.93. The van der Waals surface area contributed by atoms with Gasteiger partial charge in [0.15, 0.2) is 0 Å². The molecule has 0 aromatic heterocycles. The average molecular weight is 392 g/mol. The molecule has 0 radical (unpaired) electrons. The Balaban J connectivity index is 1.97. The van der Waals surface area contributed by atoms with Crippen LogP contribution >= 0.6 is 0 Å². The molecule has 0 bridgehead atoms. The number of esters is 1. The van der Waals surface area contributed by atoms with Crippen molar-refractivity contribution in [2.24, 2.45) is 4.99 Å². The molecule has 0 saturated carbocycles. The summed E-state index contributed by atoms with van der Waals surface area (Å²) in [5.74, 6) is 0.586. The van der Waals surface area contributed by atoms with Gasteiger partial charge in [0.2, 0.25) is 0 Å². The van der Waals surface area contributed by atoms with E-state index in [1.54, 1.807) is 12.1 Å². The first-order valence-corrected chi connectivity index (χ1v) is 9.97. The van der Waals surface area contributed by atoms with Crippen molar-refractivity contribution in [1.82, 2.24) is 9.80 Å². The molecule has 0 N–H and O–H groups in total. The fourth-order valence-corrected chi connectivity index (χ4v) is 3.71. The van der Waals surface area contributed by atoms with Gasteiger partial charge in [-0.2, -0.15) is 0 Å². The minimum Gasteiger partial charge on any atom is -0.465 e. The number of rotatable bonds is 5. The third-order valence-electron chi connectivity index (χ3n) is 5.31. The lowest BCUT2D eigenvalue weighted by Gasteiger charge is -2.45. The fourth-order valence-electron chi connectivity index (χ4n) is 3.71. The first-order valence-electron chi connectivity index (χ1n) is 9.97. The van der Waals surface area contributed by atoms with Crippen LogP contribution in [0.4, 0.5) is 5.69 Å². The maximum Gasteiger partial charge on any atom is 0.337 e. The molecule has 1 fully saturated rings. The zero-order valence-corrected chi connectivity index (χ0v) is 17.4. The van der Waals surface area contributed by atoms with Crippen LogP contribution in [0.3, 0.4) is 0 Å². The lowest BCUT2D eigenvalue weighted by Crippen LogP contribution is -2.58. The Labute approximate surface area is 173 Å². The molecule has 152 valence electrons. The van der Waals surface area contributed by atoms with Crippen molar-refractivity contribution in [3.8, 4) is 0 Å². The van der Waals surface area contributed by atoms with Crippen LogP contribution < -0.4 is 0 Å². The van der Waals surface area contributed by atoms with Crippen LogP contribution in [0.1, 0.15) is 29.8 Å². The Hall–Kier alpha value is -2.92. The fraction of sp³-hybridized carbons (Fsp3) is 0.333. The topological polar surface area (TPSA) is 45.1 Å². The molecule has 2 aromatic carbocycles. The number of carbonyl (C=O) groups is 1. The number of para-hydroxylation sites is 1. The molecule has 3 rings (SSSR count). The second-order valence-electron chi connectivity index (χ2n) is 7.43. The summed E-state index contributed by atoms with van der Waals surface area (Å²) in [7, 11) is 1.39. The molecular weight excluding hydrogens is 362 g/mol. The van der Waals surface area contributed by atoms with Crippen molar-refractivity contribution in [3.05, 3.63) is 78.4 Å². The molecule has 0 amide bonds. The number of benzene rings is 2. The van der Waals surface area contributed by atoms with E-state index in [9.17, 15) is 4.79 Å². The van der Waals surface area contributed by atoms with Crippen molar-refractivity contribution >= 4 is 17.5 Å². The van der Waals surface area contributed by atoms with Crippen LogP contribution in [0.5, 0.6) is 0 Å². The summed E-state index contributed by atoms with van der Waals surface area (Å²) >= 11 is 0. The second kappa shape index (κ2) is 9.52. The zero-order valence-electron chi connectivity index (χ0n) is 17.4. The predicted molar refractivity (Wildman–Crippen MR) is 118 cm³/mol. The summed E-state index contributed by atoms with van der Waals surface area (Å²) in [4.78, 5) is 21.6. The normalized spacial score (nSPS) is 20.4. The van der Waals surface area contributed by atoms with Crippen molar-refractivity contribution in [1.29, 1.82) is 0 Å². The molecule has 5 heteroatoms. The summed E-state index contributed by atoms with van der Waals surface area (Å²) in [6.07, 6.45) is 1.96. The van der Waals surface area contributed by atoms with Gasteiger partial charge in [-0.25, -0.2) is 9.79 Å². The van der Waals surface area contributed by atoms with Crippen molar-refractivity contribution in [2.75, 3.05) is 26.7 Å². The summed E-state index contributed by atoms with van der Waals surface area (Å²) in [5.41, 5.74) is 2.43. The van der Waals surface area contributed by atoms with E-state index in [1.165, 1.54) is 7.11 Å². The predicted octanol–water partition coefficient (Wildman–Crippen LogP) is 4.13. The second-order valence-corrected chi connectivity index (χ2v) is 7.43. The highest BCUT2D eigenvalue weighted by molar-refractivity contribution is 6.01. The van der Waals surface area contributed by atoms with Gasteiger partial charge in [0.1, 0.15) is 5.84 Å². The van der Waals surface area contributed by atoms with E-state index in [0.29, 0.717) is 17.6 Å². The Morgan fingerprint density at radius 1 is 1.07 bits per heavy atom. The Morgan fingerprint density at radius 2 is 1.72 bits per heavy atom. The monoisotopic (exact) mass is 391 g/mol. The van der Waals surface area contributed by atoms with Gasteiger partial charge in [0.25, 0.3) is 0 Å². The number of methoxy groups -OCH3 is 1. The molecule has 0 spiro atoms. The molecule has 1 aliphatic heterocycles. The molecule has 2 atom stereocenters. The van der Waals surface area contributed by atoms with E-state index in [2.05, 4.69) is 30.2 Å². The van der Waals surface area contributed by atoms with E-state index in [4.69, 9.17) is 9.73 Å². The molecule has 0 unspecified atom stereocenters. The number of piperazine rings is 1. The van der Waals surface area contributed by atoms with Gasteiger partial charge >= 0.3 is 5.97 Å². The Morgan fingerprint density at radius 3 is 2.34 bits per heavy atom. The van der Waals surface area contributed by atoms with Gasteiger partial charge in [-0.3, -0.25) is 4.90 Å². The van der Waals surface area contributed by atoms with Gasteiger partial charge in [-0.15, -0.1) is 6.58 Å². The summed E-state index contributed by atoms with van der Waals surface area (Å²) < 4.78 is 4.82. The van der Waals surface area contributed by atoms with E-state index in [1.807, 2.05) is 48.5 Å². The van der Waals surface area contributed by atoms with Gasteiger partial charge in [-0.1, -0.05) is 36.4 Å². The van der Waals surface area contributed by atoms with Gasteiger partial charge < -0.3 is 9.64 Å². The SMILES string of the molecule is C=CCN1C[C@H](C)N(/C(=N/c2ccccc2)c2ccc(C(=O)OC)cc2)C[C@H]1C. The van der Waals surface area contributed by atoms with Crippen LogP contribution in [-0.4, -0.2) is 60.4 Å². The highest BCUT2D eigenvalue weighted by atomic mass is 16.5. The first kappa shape index (κ1) is 20.8. The number of aliphatic imine (C=N–C) groups is 1. The first-order chi connectivity index (χ1) is 14.0. The number of hydrogen-bond acceptors (Lipinski definition) is 4. The number of hydrogen-bond donors (Lipinski definition) is 0. The Bertz CT molecular complexity index is 861. The third-order valence-corrected chi connectivity index (χ3v) is 5.31. The molecule has 1 heterocycles. The molecule has 29 heavy (non-hydrogen) atoms. The van der Waals surface area contributed by atoms with Crippen LogP contribution in [-0.2, 0) is 4.74 Å². The van der Waals surface area contributed by atoms with Crippen molar-refractivity contribution in [3.63, 3.8) is 0 Å². The maximum absolute atomic E-state index is 11.8. The molecule has 5 nitrogen and oxygen atoms in total. The highest BCUT2D eigenvalue weighted by Gasteiger charge is 2.31. The van der Waals surface area contributed by atoms with E-state index >= 15 is 0 Å². The van der Waals surface area contributed by atoms with Crippen molar-refractivity contribution in [2.45, 2.75) is 25.9 Å². The zero-order chi connectivity index (χ0) is 20.8. The standard InChI is InChI=1S/C24H29N3O2/c1-5-15-26-16-19(3)27(17-18(26)2)23(25-22-9-7-6-8-10-22)20-11-13-21(14-12-20)24(28)29-4/h5-14,18-19H,1,15-17H2,2-4H3/b25-23+/t18-,19+/m1/s1. The maximum atomic E-state index is 11.8. The molecule has 0 aliphatic carbocycles. The Kier molecular flexibility index (Phi) is 6.83. The van der Waals surface area contributed by atoms with Crippen LogP contribution in [0.15, 0.2) is 72.2 Å². The quantitative estimate of drug-likeness (QED) is 0.333. The summed E-state index contributed by atoms with van der Waals surface area (Å²) in [6, 6.07) is 18.2. The van der Waals surface area contributed by atoms with Gasteiger partial charge in [-0.05, 0) is 38.1 Å². The highest BCUT2D eigenvalue weighted by Crippen LogP contribution is 2.22. The summed E-state index contributed by atoms with van der Waals surface area (Å²) in [6.45, 7) is 11.1. The van der Waals surface area contributed by atoms with Crippen LogP contribution in [0.2, 0.25) is 0 Å². The van der Waals surface area contributed by atoms with Gasteiger partial charge in [0.05, 0.1) is 18.4 Å². The van der Waals surface area contributed by atoms with Gasteiger partial charge in [0, 0.05) is 37.3 Å². The van der Waals surface area contributed by atoms with Crippen LogP contribution in [0, 0.1) is 0 Å². The molecular formula is C24H29N3O2. The lowest BCUT2D eigenvalue weighted by atomic mass is 10.0. The smallest absolute Gasteiger partial charge is 0.337 e. The van der Waals surface area contributed by atoms with E-state index in [0.717, 1.165) is 36.7 Å². The number of carbonyl (C=O) groups excluding carboxylic acids is 1. The lowest BCUT2D eigenvalue weighted by molar-refractivity contribution is 0.0600.